The maximum atomic E-state index is 11.4. The standard InChI is InChI=1S/C16H24N2O2/c1-3-17-16(19)8-9-18-14-6-4-12-5-7-15(20-2)11-13(12)10-14/h5,7,11,14,18H,3-4,6,8-10H2,1-2H3,(H,17,19). The number of hydrogen-bond acceptors (Lipinski definition) is 3. The molecule has 1 unspecified atom stereocenters. The van der Waals surface area contributed by atoms with Gasteiger partial charge in [-0.05, 0) is 49.4 Å². The number of rotatable bonds is 6. The molecule has 0 aromatic heterocycles. The number of methoxy groups -OCH3 is 1. The molecule has 0 spiro atoms. The van der Waals surface area contributed by atoms with E-state index in [1.807, 2.05) is 13.0 Å². The van der Waals surface area contributed by atoms with Crippen molar-refractivity contribution in [3.8, 4) is 5.75 Å². The van der Waals surface area contributed by atoms with Crippen molar-refractivity contribution in [3.63, 3.8) is 0 Å². The molecular weight excluding hydrogens is 252 g/mol. The Morgan fingerprint density at radius 2 is 2.25 bits per heavy atom. The zero-order valence-corrected chi connectivity index (χ0v) is 12.4. The number of benzene rings is 1. The minimum absolute atomic E-state index is 0.123. The molecule has 0 saturated carbocycles. The average Bonchev–Trinajstić information content (AvgIpc) is 2.46. The van der Waals surface area contributed by atoms with Crippen LogP contribution in [0.1, 0.15) is 30.9 Å². The lowest BCUT2D eigenvalue weighted by Crippen LogP contribution is -2.37. The van der Waals surface area contributed by atoms with Crippen molar-refractivity contribution in [3.05, 3.63) is 29.3 Å². The molecule has 1 aromatic rings. The Bertz CT molecular complexity index is 460. The molecule has 0 radical (unpaired) electrons. The summed E-state index contributed by atoms with van der Waals surface area (Å²) in [4.78, 5) is 11.4. The zero-order valence-electron chi connectivity index (χ0n) is 12.4. The lowest BCUT2D eigenvalue weighted by Gasteiger charge is -2.26. The van der Waals surface area contributed by atoms with Crippen LogP contribution in [0.2, 0.25) is 0 Å². The highest BCUT2D eigenvalue weighted by molar-refractivity contribution is 5.75. The molecule has 1 aliphatic rings. The third-order valence-electron chi connectivity index (χ3n) is 3.80. The predicted octanol–water partition coefficient (Wildman–Crippen LogP) is 1.67. The molecule has 4 nitrogen and oxygen atoms in total. The van der Waals surface area contributed by atoms with Gasteiger partial charge in [-0.3, -0.25) is 4.79 Å². The summed E-state index contributed by atoms with van der Waals surface area (Å²) < 4.78 is 5.28. The van der Waals surface area contributed by atoms with Crippen molar-refractivity contribution < 1.29 is 9.53 Å². The Kier molecular flexibility index (Phi) is 5.41. The van der Waals surface area contributed by atoms with Gasteiger partial charge in [-0.1, -0.05) is 6.07 Å². The second kappa shape index (κ2) is 7.29. The Balaban J connectivity index is 1.83. The van der Waals surface area contributed by atoms with E-state index in [1.54, 1.807) is 7.11 Å². The first-order valence-corrected chi connectivity index (χ1v) is 7.38. The van der Waals surface area contributed by atoms with Gasteiger partial charge in [-0.2, -0.15) is 0 Å². The van der Waals surface area contributed by atoms with E-state index in [4.69, 9.17) is 4.74 Å². The van der Waals surface area contributed by atoms with E-state index in [-0.39, 0.29) is 5.91 Å². The summed E-state index contributed by atoms with van der Waals surface area (Å²) in [7, 11) is 1.70. The van der Waals surface area contributed by atoms with Gasteiger partial charge in [0.1, 0.15) is 5.75 Å². The molecule has 2 rings (SSSR count). The van der Waals surface area contributed by atoms with E-state index >= 15 is 0 Å². The van der Waals surface area contributed by atoms with Gasteiger partial charge in [0.05, 0.1) is 7.11 Å². The SMILES string of the molecule is CCNC(=O)CCNC1CCc2ccc(OC)cc2C1. The monoisotopic (exact) mass is 276 g/mol. The fourth-order valence-electron chi connectivity index (χ4n) is 2.71. The lowest BCUT2D eigenvalue weighted by atomic mass is 9.88. The third-order valence-corrected chi connectivity index (χ3v) is 3.80. The number of nitrogens with one attached hydrogen (secondary N) is 2. The summed E-state index contributed by atoms with van der Waals surface area (Å²) in [6.45, 7) is 3.39. The second-order valence-electron chi connectivity index (χ2n) is 5.23. The molecular formula is C16H24N2O2. The van der Waals surface area contributed by atoms with E-state index in [0.717, 1.165) is 31.6 Å². The topological polar surface area (TPSA) is 50.4 Å². The summed E-state index contributed by atoms with van der Waals surface area (Å²) in [6, 6.07) is 6.79. The molecule has 1 aromatic carbocycles. The van der Waals surface area contributed by atoms with Gasteiger partial charge in [-0.25, -0.2) is 0 Å². The Morgan fingerprint density at radius 3 is 3.00 bits per heavy atom. The summed E-state index contributed by atoms with van der Waals surface area (Å²) in [6.07, 6.45) is 3.80. The number of amides is 1. The van der Waals surface area contributed by atoms with Gasteiger partial charge in [0.25, 0.3) is 0 Å². The fraction of sp³-hybridized carbons (Fsp3) is 0.562. The van der Waals surface area contributed by atoms with Crippen molar-refractivity contribution in [1.82, 2.24) is 10.6 Å². The van der Waals surface area contributed by atoms with Crippen LogP contribution >= 0.6 is 0 Å². The van der Waals surface area contributed by atoms with Gasteiger partial charge < -0.3 is 15.4 Å². The lowest BCUT2D eigenvalue weighted by molar-refractivity contribution is -0.120. The van der Waals surface area contributed by atoms with Crippen LogP contribution in [0.3, 0.4) is 0 Å². The van der Waals surface area contributed by atoms with Gasteiger partial charge in [0.15, 0.2) is 0 Å². The van der Waals surface area contributed by atoms with Crippen LogP contribution in [0, 0.1) is 0 Å². The van der Waals surface area contributed by atoms with Crippen molar-refractivity contribution in [2.24, 2.45) is 0 Å². The van der Waals surface area contributed by atoms with Crippen LogP contribution in [-0.2, 0) is 17.6 Å². The maximum Gasteiger partial charge on any atom is 0.221 e. The zero-order chi connectivity index (χ0) is 14.4. The molecule has 1 aliphatic carbocycles. The van der Waals surface area contributed by atoms with Crippen LogP contribution < -0.4 is 15.4 Å². The first kappa shape index (κ1) is 14.9. The summed E-state index contributed by atoms with van der Waals surface area (Å²) in [5, 5.41) is 6.31. The van der Waals surface area contributed by atoms with Crippen molar-refractivity contribution in [1.29, 1.82) is 0 Å². The van der Waals surface area contributed by atoms with E-state index < -0.39 is 0 Å². The highest BCUT2D eigenvalue weighted by Crippen LogP contribution is 2.25. The largest absolute Gasteiger partial charge is 0.497 e. The van der Waals surface area contributed by atoms with Crippen LogP contribution in [0.4, 0.5) is 0 Å². The minimum atomic E-state index is 0.123. The number of fused-ring (bicyclic) bond motifs is 1. The molecule has 0 fully saturated rings. The van der Waals surface area contributed by atoms with Crippen molar-refractivity contribution in [2.75, 3.05) is 20.2 Å². The third kappa shape index (κ3) is 3.97. The number of aryl methyl sites for hydroxylation is 1. The Labute approximate surface area is 120 Å². The Hall–Kier alpha value is -1.55. The van der Waals surface area contributed by atoms with E-state index in [1.165, 1.54) is 11.1 Å². The summed E-state index contributed by atoms with van der Waals surface area (Å²) in [5.41, 5.74) is 2.79. The molecule has 0 aliphatic heterocycles. The van der Waals surface area contributed by atoms with Crippen LogP contribution in [0.5, 0.6) is 5.75 Å². The van der Waals surface area contributed by atoms with Gasteiger partial charge in [-0.15, -0.1) is 0 Å². The average molecular weight is 276 g/mol. The van der Waals surface area contributed by atoms with Crippen LogP contribution in [-0.4, -0.2) is 32.1 Å². The van der Waals surface area contributed by atoms with E-state index in [0.29, 0.717) is 19.0 Å². The predicted molar refractivity (Wildman–Crippen MR) is 80.1 cm³/mol. The first-order valence-electron chi connectivity index (χ1n) is 7.38. The molecule has 110 valence electrons. The number of hydrogen-bond donors (Lipinski definition) is 2. The van der Waals surface area contributed by atoms with Gasteiger partial charge >= 0.3 is 0 Å². The molecule has 4 heteroatoms. The summed E-state index contributed by atoms with van der Waals surface area (Å²) >= 11 is 0. The molecule has 0 bridgehead atoms. The molecule has 0 saturated heterocycles. The van der Waals surface area contributed by atoms with Crippen LogP contribution in [0.15, 0.2) is 18.2 Å². The van der Waals surface area contributed by atoms with Gasteiger partial charge in [0.2, 0.25) is 5.91 Å². The first-order chi connectivity index (χ1) is 9.72. The van der Waals surface area contributed by atoms with Gasteiger partial charge in [0, 0.05) is 25.6 Å². The second-order valence-corrected chi connectivity index (χ2v) is 5.23. The quantitative estimate of drug-likeness (QED) is 0.831. The normalized spacial score (nSPS) is 17.4. The Morgan fingerprint density at radius 1 is 1.40 bits per heavy atom. The molecule has 1 atom stereocenters. The van der Waals surface area contributed by atoms with E-state index in [9.17, 15) is 4.79 Å². The maximum absolute atomic E-state index is 11.4. The minimum Gasteiger partial charge on any atom is -0.497 e. The fourth-order valence-corrected chi connectivity index (χ4v) is 2.71. The van der Waals surface area contributed by atoms with Crippen molar-refractivity contribution in [2.45, 2.75) is 38.6 Å². The number of carbonyl (C=O) groups excluding carboxylic acids is 1. The van der Waals surface area contributed by atoms with E-state index in [2.05, 4.69) is 22.8 Å². The molecule has 2 N–H and O–H groups in total. The van der Waals surface area contributed by atoms with Crippen LogP contribution in [0.25, 0.3) is 0 Å². The highest BCUT2D eigenvalue weighted by Gasteiger charge is 2.18. The van der Waals surface area contributed by atoms with Crippen molar-refractivity contribution >= 4 is 5.91 Å². The smallest absolute Gasteiger partial charge is 0.221 e. The molecule has 20 heavy (non-hydrogen) atoms. The molecule has 1 amide bonds. The number of carbonyl (C=O) groups is 1. The number of ether oxygens (including phenoxy) is 1. The highest BCUT2D eigenvalue weighted by atomic mass is 16.5. The molecule has 0 heterocycles. The summed E-state index contributed by atoms with van der Waals surface area (Å²) in [5.74, 6) is 1.05.